The van der Waals surface area contributed by atoms with E-state index in [1.54, 1.807) is 12.4 Å². The summed E-state index contributed by atoms with van der Waals surface area (Å²) in [6, 6.07) is 3.91. The number of esters is 1. The molecule has 3 aromatic rings. The normalized spacial score (nSPS) is 21.3. The Labute approximate surface area is 213 Å². The summed E-state index contributed by atoms with van der Waals surface area (Å²) in [5, 5.41) is 11.1. The number of pyridine rings is 1. The van der Waals surface area contributed by atoms with Gasteiger partial charge in [0.1, 0.15) is 11.1 Å². The third-order valence-corrected chi connectivity index (χ3v) is 7.52. The first kappa shape index (κ1) is 24.3. The highest BCUT2D eigenvalue weighted by atomic mass is 35.5. The number of ether oxygens (including phenoxy) is 2. The van der Waals surface area contributed by atoms with Gasteiger partial charge in [0, 0.05) is 43.0 Å². The second-order valence-corrected chi connectivity index (χ2v) is 9.92. The Bertz CT molecular complexity index is 1330. The van der Waals surface area contributed by atoms with Gasteiger partial charge in [-0.3, -0.25) is 14.3 Å². The van der Waals surface area contributed by atoms with E-state index in [0.29, 0.717) is 30.6 Å². The van der Waals surface area contributed by atoms with Crippen LogP contribution in [0.25, 0.3) is 11.1 Å². The highest BCUT2D eigenvalue weighted by molar-refractivity contribution is 6.33. The summed E-state index contributed by atoms with van der Waals surface area (Å²) in [5.41, 5.74) is 4.29. The summed E-state index contributed by atoms with van der Waals surface area (Å²) >= 11 is 6.17. The summed E-state index contributed by atoms with van der Waals surface area (Å²) < 4.78 is 13.1. The maximum atomic E-state index is 11.8. The molecule has 0 amide bonds. The lowest BCUT2D eigenvalue weighted by molar-refractivity contribution is -0.150. The van der Waals surface area contributed by atoms with Gasteiger partial charge >= 0.3 is 5.97 Å². The molecule has 0 spiro atoms. The summed E-state index contributed by atoms with van der Waals surface area (Å²) in [6.45, 7) is 6.15. The molecule has 0 radical (unpaired) electrons. The lowest BCUT2D eigenvalue weighted by Crippen LogP contribution is -2.34. The number of carbonyl (C=O) groups is 1. The van der Waals surface area contributed by atoms with Crippen LogP contribution in [0.3, 0.4) is 0 Å². The third-order valence-electron chi connectivity index (χ3n) is 7.16. The largest absolute Gasteiger partial charge is 0.472 e. The molecule has 1 aliphatic carbocycles. The van der Waals surface area contributed by atoms with Gasteiger partial charge in [-0.25, -0.2) is 10.1 Å². The first-order valence-electron chi connectivity index (χ1n) is 12.1. The van der Waals surface area contributed by atoms with E-state index in [1.165, 1.54) is 7.11 Å². The highest BCUT2D eigenvalue weighted by Crippen LogP contribution is 2.37. The third kappa shape index (κ3) is 4.69. The molecule has 0 unspecified atom stereocenters. The predicted octanol–water partition coefficient (Wildman–Crippen LogP) is 3.16. The minimum absolute atomic E-state index is 0.0118. The molecule has 11 heteroatoms. The van der Waals surface area contributed by atoms with Gasteiger partial charge in [-0.05, 0) is 44.2 Å². The van der Waals surface area contributed by atoms with E-state index in [0.717, 1.165) is 48.3 Å². The van der Waals surface area contributed by atoms with Gasteiger partial charge in [-0.15, -0.1) is 0 Å². The van der Waals surface area contributed by atoms with Crippen molar-refractivity contribution < 1.29 is 14.3 Å². The highest BCUT2D eigenvalue weighted by Gasteiger charge is 2.36. The smallest absolute Gasteiger partial charge is 0.308 e. The molecule has 190 valence electrons. The number of halogens is 1. The molecule has 2 aliphatic rings. The number of methoxy groups -OCH3 is 1. The van der Waals surface area contributed by atoms with E-state index in [9.17, 15) is 9.59 Å². The van der Waals surface area contributed by atoms with E-state index in [1.807, 2.05) is 28.6 Å². The van der Waals surface area contributed by atoms with Crippen LogP contribution in [0.4, 0.5) is 5.69 Å². The van der Waals surface area contributed by atoms with Gasteiger partial charge in [-0.1, -0.05) is 11.6 Å². The first-order chi connectivity index (χ1) is 17.3. The van der Waals surface area contributed by atoms with Crippen LogP contribution in [0.2, 0.25) is 5.02 Å². The summed E-state index contributed by atoms with van der Waals surface area (Å²) in [4.78, 5) is 29.9. The Hall–Kier alpha value is -3.40. The zero-order chi connectivity index (χ0) is 25.4. The van der Waals surface area contributed by atoms with E-state index < -0.39 is 5.56 Å². The van der Waals surface area contributed by atoms with Gasteiger partial charge < -0.3 is 14.4 Å². The fraction of sp³-hybridized carbons (Fsp3) is 0.480. The molecule has 2 fully saturated rings. The molecule has 3 aromatic heterocycles. The lowest BCUT2D eigenvalue weighted by Gasteiger charge is -2.33. The Balaban J connectivity index is 1.26. The number of nitrogens with one attached hydrogen (secondary N) is 1. The second-order valence-electron chi connectivity index (χ2n) is 9.54. The quantitative estimate of drug-likeness (QED) is 0.480. The fourth-order valence-corrected chi connectivity index (χ4v) is 5.43. The van der Waals surface area contributed by atoms with Crippen LogP contribution in [-0.4, -0.2) is 57.2 Å². The van der Waals surface area contributed by atoms with Crippen LogP contribution in [0, 0.1) is 25.7 Å². The molecule has 1 aliphatic heterocycles. The monoisotopic (exact) mass is 512 g/mol. The summed E-state index contributed by atoms with van der Waals surface area (Å²) in [6.07, 6.45) is 5.68. The molecule has 10 nitrogen and oxygen atoms in total. The van der Waals surface area contributed by atoms with Crippen molar-refractivity contribution in [2.45, 2.75) is 45.8 Å². The van der Waals surface area contributed by atoms with Gasteiger partial charge in [-0.2, -0.15) is 10.2 Å². The van der Waals surface area contributed by atoms with Crippen molar-refractivity contribution in [1.82, 2.24) is 25.0 Å². The Morgan fingerprint density at radius 2 is 2.11 bits per heavy atom. The van der Waals surface area contributed by atoms with Crippen LogP contribution < -0.4 is 15.2 Å². The van der Waals surface area contributed by atoms with Crippen LogP contribution in [-0.2, 0) is 16.1 Å². The lowest BCUT2D eigenvalue weighted by atomic mass is 9.75. The number of hydrogen-bond donors (Lipinski definition) is 1. The SMILES string of the molecule is COC(=O)C1CC(Cn2nc(C)c(-c3ccnc(O[C@@H]4CCN(c5cn[nH]c(=O)c5Cl)C4)c3)c2C)C1. The van der Waals surface area contributed by atoms with Crippen molar-refractivity contribution in [2.75, 3.05) is 25.1 Å². The van der Waals surface area contributed by atoms with Crippen LogP contribution >= 0.6 is 11.6 Å². The number of nitrogens with zero attached hydrogens (tertiary/aromatic N) is 5. The number of anilines is 1. The van der Waals surface area contributed by atoms with Crippen LogP contribution in [0.1, 0.15) is 30.7 Å². The standard InChI is InChI=1S/C25H29ClN6O4/c1-14-22(15(2)32(30-14)12-16-8-18(9-16)25(34)35-3)17-4-6-27-21(10-17)36-19-5-7-31(13-19)20-11-28-29-24(33)23(20)26/h4,6,10-11,16,18-19H,5,7-9,12-13H2,1-3H3,(H,29,33)/t16?,18?,19-/m1/s1. The van der Waals surface area contributed by atoms with Crippen molar-refractivity contribution in [3.63, 3.8) is 0 Å². The average molecular weight is 513 g/mol. The fourth-order valence-electron chi connectivity index (χ4n) is 5.22. The number of aryl methyl sites for hydroxylation is 1. The topological polar surface area (TPSA) is 115 Å². The van der Waals surface area contributed by atoms with E-state index in [4.69, 9.17) is 26.2 Å². The number of aromatic nitrogens is 5. The molecule has 1 saturated heterocycles. The molecule has 4 heterocycles. The Morgan fingerprint density at radius 3 is 2.89 bits per heavy atom. The number of aromatic amines is 1. The van der Waals surface area contributed by atoms with Gasteiger partial charge in [0.25, 0.3) is 5.56 Å². The first-order valence-corrected chi connectivity index (χ1v) is 12.4. The number of rotatable bonds is 7. The summed E-state index contributed by atoms with van der Waals surface area (Å²) in [7, 11) is 1.44. The van der Waals surface area contributed by atoms with Crippen molar-refractivity contribution >= 4 is 23.3 Å². The van der Waals surface area contributed by atoms with E-state index >= 15 is 0 Å². The molecule has 1 saturated carbocycles. The minimum atomic E-state index is -0.403. The van der Waals surface area contributed by atoms with Crippen molar-refractivity contribution in [3.05, 3.63) is 51.3 Å². The van der Waals surface area contributed by atoms with Gasteiger partial charge in [0.05, 0.1) is 37.2 Å². The van der Waals surface area contributed by atoms with Gasteiger partial charge in [0.15, 0.2) is 0 Å². The van der Waals surface area contributed by atoms with Crippen molar-refractivity contribution in [3.8, 4) is 17.0 Å². The predicted molar refractivity (Wildman–Crippen MR) is 134 cm³/mol. The van der Waals surface area contributed by atoms with E-state index in [2.05, 4.69) is 22.1 Å². The molecule has 5 rings (SSSR count). The number of carbonyl (C=O) groups excluding carboxylic acids is 1. The molecular formula is C25H29ClN6O4. The average Bonchev–Trinajstić information content (AvgIpc) is 3.40. The molecule has 0 bridgehead atoms. The van der Waals surface area contributed by atoms with Crippen molar-refractivity contribution in [2.24, 2.45) is 11.8 Å². The Morgan fingerprint density at radius 1 is 1.31 bits per heavy atom. The molecule has 1 atom stereocenters. The zero-order valence-corrected chi connectivity index (χ0v) is 21.3. The second kappa shape index (κ2) is 9.93. The number of H-pyrrole nitrogens is 1. The maximum Gasteiger partial charge on any atom is 0.308 e. The summed E-state index contributed by atoms with van der Waals surface area (Å²) in [5.74, 6) is 0.858. The number of hydrogen-bond acceptors (Lipinski definition) is 8. The maximum absolute atomic E-state index is 11.8. The van der Waals surface area contributed by atoms with E-state index in [-0.39, 0.29) is 23.0 Å². The zero-order valence-electron chi connectivity index (χ0n) is 20.5. The molecule has 0 aromatic carbocycles. The van der Waals surface area contributed by atoms with Gasteiger partial charge in [0.2, 0.25) is 5.88 Å². The molecule has 36 heavy (non-hydrogen) atoms. The van der Waals surface area contributed by atoms with Crippen molar-refractivity contribution in [1.29, 1.82) is 0 Å². The minimum Gasteiger partial charge on any atom is -0.472 e. The Kier molecular flexibility index (Phi) is 6.70. The van der Waals surface area contributed by atoms with Crippen LogP contribution in [0.5, 0.6) is 5.88 Å². The van der Waals surface area contributed by atoms with Crippen LogP contribution in [0.15, 0.2) is 29.3 Å². The molecular weight excluding hydrogens is 484 g/mol. The molecule has 1 N–H and O–H groups in total.